The van der Waals surface area contributed by atoms with E-state index in [2.05, 4.69) is 20.9 Å². The molecule has 2 fully saturated rings. The van der Waals surface area contributed by atoms with Gasteiger partial charge in [0.2, 0.25) is 17.7 Å². The lowest BCUT2D eigenvalue weighted by Gasteiger charge is -2.47. The zero-order chi connectivity index (χ0) is 37.4. The number of nitrogens with zero attached hydrogens (tertiary/aromatic N) is 3. The Labute approximate surface area is 303 Å². The van der Waals surface area contributed by atoms with E-state index in [1.807, 2.05) is 68.1 Å². The molecule has 0 bridgehead atoms. The molecular formula is C38H49N7O7. The number of nitrogens with two attached hydrogens (primary N) is 1. The number of likely N-dealkylation sites (tertiary alicyclic amines) is 1. The minimum absolute atomic E-state index is 0.0297. The fraction of sp³-hybridized carbons (Fsp3) is 0.500. The second kappa shape index (κ2) is 16.9. The Hall–Kier alpha value is -5.11. The summed E-state index contributed by atoms with van der Waals surface area (Å²) in [4.78, 5) is 77.0. The third kappa shape index (κ3) is 10.5. The number of fused-ring (bicyclic) bond motifs is 2. The first kappa shape index (κ1) is 38.1. The van der Waals surface area contributed by atoms with Gasteiger partial charge >= 0.3 is 0 Å². The molecule has 5 N–H and O–H groups in total. The number of benzene rings is 2. The number of aromatic nitrogens is 1. The molecule has 5 rings (SSSR count). The van der Waals surface area contributed by atoms with Crippen molar-refractivity contribution in [1.29, 1.82) is 0 Å². The van der Waals surface area contributed by atoms with E-state index in [-0.39, 0.29) is 24.6 Å². The van der Waals surface area contributed by atoms with Crippen LogP contribution in [0.2, 0.25) is 0 Å². The average molecular weight is 716 g/mol. The van der Waals surface area contributed by atoms with E-state index in [0.29, 0.717) is 30.3 Å². The van der Waals surface area contributed by atoms with Crippen LogP contribution in [0.25, 0.3) is 10.9 Å². The van der Waals surface area contributed by atoms with Crippen molar-refractivity contribution >= 4 is 34.5 Å². The van der Waals surface area contributed by atoms with Gasteiger partial charge < -0.3 is 26.5 Å². The molecule has 2 aromatic carbocycles. The summed E-state index contributed by atoms with van der Waals surface area (Å²) >= 11 is 0. The van der Waals surface area contributed by atoms with Gasteiger partial charge in [-0.15, -0.1) is 10.1 Å². The standard InChI is InChI=1S/C38H49N7O7/c1-38(2,3)43-37(49)32-20-26-14-7-8-15-27(26)22-44(32)23-33(52-45(50)51)30(19-24-11-5-4-6-12-24)41-36(48)31(21-34(39)46)42-35(47)29-18-17-25-13-9-10-16-28(25)40-29/h4-6,9-13,16-18,26-27,30-33H,7-8,14-15,19-23H2,1-3H3,(H2,39,46)(H,41,48)(H,42,47)(H,43,49)/t26-,27+,30?,31?,32?,33?/m0/s1. The quantitative estimate of drug-likeness (QED) is 0.143. The average Bonchev–Trinajstić information content (AvgIpc) is 3.09. The Morgan fingerprint density at radius 2 is 1.67 bits per heavy atom. The predicted molar refractivity (Wildman–Crippen MR) is 194 cm³/mol. The number of nitrogens with one attached hydrogen (secondary N) is 3. The van der Waals surface area contributed by atoms with Gasteiger partial charge in [0.25, 0.3) is 11.0 Å². The number of para-hydroxylation sites is 1. The van der Waals surface area contributed by atoms with Gasteiger partial charge in [0, 0.05) is 24.0 Å². The van der Waals surface area contributed by atoms with Crippen LogP contribution < -0.4 is 21.7 Å². The van der Waals surface area contributed by atoms with Crippen LogP contribution in [0.1, 0.15) is 75.3 Å². The van der Waals surface area contributed by atoms with Crippen LogP contribution in [0.5, 0.6) is 0 Å². The molecule has 1 aliphatic carbocycles. The SMILES string of the molecule is CC(C)(C)NC(=O)C1C[C@@H]2CCCC[C@@H]2CN1CC(O[N+](=O)[O-])C(Cc1ccccc1)NC(=O)C(CC(N)=O)NC(=O)c1ccc2ccccc2n1. The number of carbonyl (C=O) groups is 4. The maximum Gasteiger partial charge on any atom is 0.294 e. The van der Waals surface area contributed by atoms with Crippen molar-refractivity contribution < 1.29 is 29.1 Å². The number of pyridine rings is 1. The summed E-state index contributed by atoms with van der Waals surface area (Å²) in [5.74, 6) is -1.79. The molecule has 278 valence electrons. The van der Waals surface area contributed by atoms with Gasteiger partial charge in [0.1, 0.15) is 17.8 Å². The predicted octanol–water partition coefficient (Wildman–Crippen LogP) is 3.31. The summed E-state index contributed by atoms with van der Waals surface area (Å²) in [5, 5.41) is 20.5. The van der Waals surface area contributed by atoms with Crippen LogP contribution in [-0.4, -0.2) is 81.5 Å². The second-order valence-electron chi connectivity index (χ2n) is 15.0. The third-order valence-corrected chi connectivity index (χ3v) is 9.87. The highest BCUT2D eigenvalue weighted by Crippen LogP contribution is 2.39. The number of hydrogen-bond donors (Lipinski definition) is 4. The highest BCUT2D eigenvalue weighted by atomic mass is 17.0. The molecule has 4 unspecified atom stereocenters. The third-order valence-electron chi connectivity index (χ3n) is 9.87. The molecule has 3 aromatic rings. The van der Waals surface area contributed by atoms with E-state index in [1.165, 1.54) is 6.07 Å². The number of hydrogen-bond acceptors (Lipinski definition) is 9. The molecule has 14 heteroatoms. The van der Waals surface area contributed by atoms with Crippen LogP contribution >= 0.6 is 0 Å². The first-order valence-corrected chi connectivity index (χ1v) is 17.9. The number of amides is 4. The van der Waals surface area contributed by atoms with Crippen LogP contribution in [0.4, 0.5) is 0 Å². The molecule has 1 saturated carbocycles. The van der Waals surface area contributed by atoms with Crippen LogP contribution in [0, 0.1) is 22.0 Å². The Morgan fingerprint density at radius 1 is 0.981 bits per heavy atom. The summed E-state index contributed by atoms with van der Waals surface area (Å²) in [7, 11) is 0. The van der Waals surface area contributed by atoms with Crippen LogP contribution in [0.3, 0.4) is 0 Å². The van der Waals surface area contributed by atoms with E-state index in [9.17, 15) is 29.3 Å². The van der Waals surface area contributed by atoms with Gasteiger partial charge in [0.15, 0.2) is 0 Å². The smallest absolute Gasteiger partial charge is 0.294 e. The Morgan fingerprint density at radius 3 is 2.37 bits per heavy atom. The van der Waals surface area contributed by atoms with E-state index >= 15 is 0 Å². The first-order valence-electron chi connectivity index (χ1n) is 17.9. The van der Waals surface area contributed by atoms with E-state index < -0.39 is 59.0 Å². The lowest BCUT2D eigenvalue weighted by molar-refractivity contribution is -0.769. The first-order chi connectivity index (χ1) is 24.8. The number of carbonyl (C=O) groups excluding carboxylic acids is 4. The lowest BCUT2D eigenvalue weighted by atomic mass is 9.72. The Kier molecular flexibility index (Phi) is 12.4. The van der Waals surface area contributed by atoms with Gasteiger partial charge in [0.05, 0.1) is 24.0 Å². The van der Waals surface area contributed by atoms with Crippen molar-refractivity contribution in [2.24, 2.45) is 17.6 Å². The molecule has 1 aliphatic heterocycles. The van der Waals surface area contributed by atoms with Crippen molar-refractivity contribution in [2.45, 2.75) is 95.5 Å². The van der Waals surface area contributed by atoms with Crippen molar-refractivity contribution in [3.63, 3.8) is 0 Å². The maximum atomic E-state index is 14.0. The minimum atomic E-state index is -1.42. The molecule has 6 atom stereocenters. The summed E-state index contributed by atoms with van der Waals surface area (Å²) in [6.45, 7) is 6.24. The van der Waals surface area contributed by atoms with Gasteiger partial charge in [-0.3, -0.25) is 24.1 Å². The van der Waals surface area contributed by atoms with Gasteiger partial charge in [-0.05, 0) is 69.6 Å². The molecule has 2 heterocycles. The minimum Gasteiger partial charge on any atom is -0.370 e. The van der Waals surface area contributed by atoms with E-state index in [0.717, 1.165) is 36.6 Å². The zero-order valence-electron chi connectivity index (χ0n) is 30.0. The largest absolute Gasteiger partial charge is 0.370 e. The topological polar surface area (TPSA) is 199 Å². The second-order valence-corrected chi connectivity index (χ2v) is 15.0. The highest BCUT2D eigenvalue weighted by Gasteiger charge is 2.43. The maximum absolute atomic E-state index is 14.0. The Bertz CT molecular complexity index is 1750. The summed E-state index contributed by atoms with van der Waals surface area (Å²) in [6, 6.07) is 16.6. The van der Waals surface area contributed by atoms with E-state index in [1.54, 1.807) is 18.2 Å². The summed E-state index contributed by atoms with van der Waals surface area (Å²) < 4.78 is 0. The number of primary amides is 1. The molecule has 1 aromatic heterocycles. The fourth-order valence-electron chi connectivity index (χ4n) is 7.46. The van der Waals surface area contributed by atoms with Gasteiger partial charge in [-0.25, -0.2) is 4.98 Å². The summed E-state index contributed by atoms with van der Waals surface area (Å²) in [6.07, 6.45) is 3.19. The van der Waals surface area contributed by atoms with Crippen molar-refractivity contribution in [1.82, 2.24) is 25.8 Å². The normalized spacial score (nSPS) is 20.8. The molecule has 1 saturated heterocycles. The van der Waals surface area contributed by atoms with Gasteiger partial charge in [-0.1, -0.05) is 73.9 Å². The molecule has 4 amide bonds. The van der Waals surface area contributed by atoms with Crippen molar-refractivity contribution in [2.75, 3.05) is 13.1 Å². The van der Waals surface area contributed by atoms with Crippen molar-refractivity contribution in [3.05, 3.63) is 88.1 Å². The molecular weight excluding hydrogens is 666 g/mol. The molecule has 0 spiro atoms. The monoisotopic (exact) mass is 715 g/mol. The van der Waals surface area contributed by atoms with Gasteiger partial charge in [-0.2, -0.15) is 0 Å². The van der Waals surface area contributed by atoms with Crippen LogP contribution in [-0.2, 0) is 25.6 Å². The van der Waals surface area contributed by atoms with Crippen LogP contribution in [0.15, 0.2) is 66.7 Å². The highest BCUT2D eigenvalue weighted by molar-refractivity contribution is 5.99. The molecule has 0 radical (unpaired) electrons. The van der Waals surface area contributed by atoms with E-state index in [4.69, 9.17) is 10.6 Å². The zero-order valence-corrected chi connectivity index (χ0v) is 30.0. The molecule has 52 heavy (non-hydrogen) atoms. The lowest BCUT2D eigenvalue weighted by Crippen LogP contribution is -2.61. The number of piperidine rings is 1. The summed E-state index contributed by atoms with van der Waals surface area (Å²) in [5.41, 5.74) is 6.39. The van der Waals surface area contributed by atoms with Crippen molar-refractivity contribution in [3.8, 4) is 0 Å². The number of rotatable bonds is 14. The molecule has 14 nitrogen and oxygen atoms in total. The fourth-order valence-corrected chi connectivity index (χ4v) is 7.46. The Balaban J connectivity index is 1.43. The molecule has 2 aliphatic rings.